The van der Waals surface area contributed by atoms with E-state index in [0.717, 1.165) is 0 Å². The normalized spacial score (nSPS) is 12.2. The maximum Gasteiger partial charge on any atom is 0.323 e. The molecule has 0 radical (unpaired) electrons. The number of benzene rings is 3. The number of ether oxygens (including phenoxy) is 2. The van der Waals surface area contributed by atoms with Crippen LogP contribution in [0.1, 0.15) is 0 Å². The Balaban J connectivity index is 1.62. The van der Waals surface area contributed by atoms with Crippen LogP contribution in [0.3, 0.4) is 0 Å². The predicted octanol–water partition coefficient (Wildman–Crippen LogP) is 5.22. The molecule has 1 heterocycles. The van der Waals surface area contributed by atoms with E-state index < -0.39 is 6.03 Å². The van der Waals surface area contributed by atoms with Crippen molar-refractivity contribution in [2.75, 3.05) is 17.4 Å². The third kappa shape index (κ3) is 3.05. The molecule has 0 unspecified atom stereocenters. The van der Waals surface area contributed by atoms with Crippen molar-refractivity contribution in [3.63, 3.8) is 0 Å². The van der Waals surface area contributed by atoms with Crippen LogP contribution in [-0.4, -0.2) is 17.9 Å². The number of halogens is 2. The van der Waals surface area contributed by atoms with Gasteiger partial charge >= 0.3 is 6.03 Å². The molecule has 3 N–H and O–H groups in total. The van der Waals surface area contributed by atoms with Gasteiger partial charge in [0.2, 0.25) is 6.79 Å². The number of anilines is 2. The Kier molecular flexibility index (Phi) is 4.14. The van der Waals surface area contributed by atoms with Crippen LogP contribution < -0.4 is 20.1 Å². The molecule has 0 saturated carbocycles. The SMILES string of the molecule is O=C(Nc1ccc2c(c1)OCO2)Nc1c(Cl)cc(Cl)c2ccc(O)cc12. The van der Waals surface area contributed by atoms with E-state index in [4.69, 9.17) is 32.7 Å². The quantitative estimate of drug-likeness (QED) is 0.559. The maximum absolute atomic E-state index is 12.4. The first-order valence-electron chi connectivity index (χ1n) is 7.59. The number of aromatic hydroxyl groups is 1. The molecule has 1 aliphatic heterocycles. The first-order valence-corrected chi connectivity index (χ1v) is 8.35. The molecule has 0 saturated heterocycles. The third-order valence-electron chi connectivity index (χ3n) is 3.89. The zero-order chi connectivity index (χ0) is 18.3. The summed E-state index contributed by atoms with van der Waals surface area (Å²) in [5, 5.41) is 17.0. The Bertz CT molecular complexity index is 1040. The van der Waals surface area contributed by atoms with Crippen molar-refractivity contribution in [3.8, 4) is 17.2 Å². The number of fused-ring (bicyclic) bond motifs is 2. The van der Waals surface area contributed by atoms with E-state index in [1.807, 2.05) is 0 Å². The number of amides is 2. The van der Waals surface area contributed by atoms with Crippen LogP contribution in [0.15, 0.2) is 42.5 Å². The Morgan fingerprint density at radius 2 is 1.73 bits per heavy atom. The summed E-state index contributed by atoms with van der Waals surface area (Å²) in [5.41, 5.74) is 0.879. The van der Waals surface area contributed by atoms with Gasteiger partial charge in [-0.1, -0.05) is 23.2 Å². The van der Waals surface area contributed by atoms with Crippen molar-refractivity contribution >= 4 is 51.4 Å². The number of nitrogens with one attached hydrogen (secondary N) is 2. The highest BCUT2D eigenvalue weighted by molar-refractivity contribution is 6.41. The molecule has 0 atom stereocenters. The van der Waals surface area contributed by atoms with Crippen LogP contribution in [0.25, 0.3) is 10.8 Å². The summed E-state index contributed by atoms with van der Waals surface area (Å²) in [7, 11) is 0. The van der Waals surface area contributed by atoms with Gasteiger partial charge in [-0.2, -0.15) is 0 Å². The molecule has 8 heteroatoms. The van der Waals surface area contributed by atoms with Gasteiger partial charge in [0.05, 0.1) is 15.7 Å². The molecule has 3 aromatic rings. The number of phenolic OH excluding ortho intramolecular Hbond substituents is 1. The minimum Gasteiger partial charge on any atom is -0.508 e. The van der Waals surface area contributed by atoms with Crippen LogP contribution in [0.4, 0.5) is 16.2 Å². The lowest BCUT2D eigenvalue weighted by Crippen LogP contribution is -2.19. The topological polar surface area (TPSA) is 79.8 Å². The first-order chi connectivity index (χ1) is 12.5. The van der Waals surface area contributed by atoms with Gasteiger partial charge in [0, 0.05) is 22.5 Å². The van der Waals surface area contributed by atoms with Crippen LogP contribution in [0.2, 0.25) is 10.0 Å². The fraction of sp³-hybridized carbons (Fsp3) is 0.0556. The molecular formula is C18H12Cl2N2O4. The summed E-state index contributed by atoms with van der Waals surface area (Å²) in [4.78, 5) is 12.4. The molecule has 0 aromatic heterocycles. The smallest absolute Gasteiger partial charge is 0.323 e. The Labute approximate surface area is 158 Å². The van der Waals surface area contributed by atoms with Gasteiger partial charge in [-0.15, -0.1) is 0 Å². The van der Waals surface area contributed by atoms with Gasteiger partial charge < -0.3 is 25.2 Å². The molecule has 1 aliphatic rings. The van der Waals surface area contributed by atoms with E-state index in [1.165, 1.54) is 12.1 Å². The zero-order valence-corrected chi connectivity index (χ0v) is 14.7. The van der Waals surface area contributed by atoms with Crippen LogP contribution in [-0.2, 0) is 0 Å². The second kappa shape index (κ2) is 6.48. The monoisotopic (exact) mass is 390 g/mol. The lowest BCUT2D eigenvalue weighted by molar-refractivity contribution is 0.174. The number of carbonyl (C=O) groups excluding carboxylic acids is 1. The predicted molar refractivity (Wildman–Crippen MR) is 101 cm³/mol. The summed E-state index contributed by atoms with van der Waals surface area (Å²) < 4.78 is 10.5. The molecule has 4 rings (SSSR count). The highest BCUT2D eigenvalue weighted by Crippen LogP contribution is 2.38. The molecule has 3 aromatic carbocycles. The minimum absolute atomic E-state index is 0.0371. The first kappa shape index (κ1) is 16.6. The Morgan fingerprint density at radius 1 is 0.923 bits per heavy atom. The number of rotatable bonds is 2. The average molecular weight is 391 g/mol. The van der Waals surface area contributed by atoms with Crippen molar-refractivity contribution in [1.82, 2.24) is 0 Å². The van der Waals surface area contributed by atoms with Crippen molar-refractivity contribution < 1.29 is 19.4 Å². The Hall–Kier alpha value is -2.83. The summed E-state index contributed by atoms with van der Waals surface area (Å²) in [6, 6.07) is 10.8. The van der Waals surface area contributed by atoms with E-state index in [2.05, 4.69) is 10.6 Å². The third-order valence-corrected chi connectivity index (χ3v) is 4.50. The fourth-order valence-corrected chi connectivity index (χ4v) is 3.30. The molecule has 2 amide bonds. The standard InChI is InChI=1S/C18H12Cl2N2O4/c19-13-7-14(20)17(12-6-10(23)2-3-11(12)13)22-18(24)21-9-1-4-15-16(5-9)26-8-25-15/h1-7,23H,8H2,(H2,21,22,24). The van der Waals surface area contributed by atoms with Crippen molar-refractivity contribution in [2.24, 2.45) is 0 Å². The van der Waals surface area contributed by atoms with Crippen LogP contribution >= 0.6 is 23.2 Å². The highest BCUT2D eigenvalue weighted by atomic mass is 35.5. The number of carbonyl (C=O) groups is 1. The van der Waals surface area contributed by atoms with E-state index in [9.17, 15) is 9.90 Å². The van der Waals surface area contributed by atoms with Gasteiger partial charge in [0.25, 0.3) is 0 Å². The van der Waals surface area contributed by atoms with Gasteiger partial charge in [-0.25, -0.2) is 4.79 Å². The lowest BCUT2D eigenvalue weighted by atomic mass is 10.1. The number of hydrogen-bond donors (Lipinski definition) is 3. The fourth-order valence-electron chi connectivity index (χ4n) is 2.71. The maximum atomic E-state index is 12.4. The minimum atomic E-state index is -0.502. The molecule has 0 spiro atoms. The summed E-state index contributed by atoms with van der Waals surface area (Å²) >= 11 is 12.4. The van der Waals surface area contributed by atoms with Crippen molar-refractivity contribution in [3.05, 3.63) is 52.5 Å². The van der Waals surface area contributed by atoms with E-state index >= 15 is 0 Å². The molecule has 0 aliphatic carbocycles. The van der Waals surface area contributed by atoms with Crippen LogP contribution in [0, 0.1) is 0 Å². The van der Waals surface area contributed by atoms with Gasteiger partial charge in [-0.3, -0.25) is 0 Å². The van der Waals surface area contributed by atoms with E-state index in [1.54, 1.807) is 30.3 Å². The highest BCUT2D eigenvalue weighted by Gasteiger charge is 2.16. The molecule has 0 bridgehead atoms. The number of hydrogen-bond acceptors (Lipinski definition) is 4. The molecule has 0 fully saturated rings. The van der Waals surface area contributed by atoms with Crippen LogP contribution in [0.5, 0.6) is 17.2 Å². The summed E-state index contributed by atoms with van der Waals surface area (Å²) in [5.74, 6) is 1.22. The zero-order valence-electron chi connectivity index (χ0n) is 13.2. The second-order valence-corrected chi connectivity index (χ2v) is 6.41. The number of urea groups is 1. The summed E-state index contributed by atoms with van der Waals surface area (Å²) in [6.07, 6.45) is 0. The molecular weight excluding hydrogens is 379 g/mol. The molecule has 6 nitrogen and oxygen atoms in total. The van der Waals surface area contributed by atoms with Crippen molar-refractivity contribution in [1.29, 1.82) is 0 Å². The lowest BCUT2D eigenvalue weighted by Gasteiger charge is -2.13. The molecule has 132 valence electrons. The van der Waals surface area contributed by atoms with Gasteiger partial charge in [0.15, 0.2) is 11.5 Å². The Morgan fingerprint density at radius 3 is 2.58 bits per heavy atom. The largest absolute Gasteiger partial charge is 0.508 e. The second-order valence-electron chi connectivity index (χ2n) is 5.59. The number of phenols is 1. The molecule has 26 heavy (non-hydrogen) atoms. The summed E-state index contributed by atoms with van der Waals surface area (Å²) in [6.45, 7) is 0.154. The average Bonchev–Trinajstić information content (AvgIpc) is 3.06. The van der Waals surface area contributed by atoms with E-state index in [-0.39, 0.29) is 17.6 Å². The van der Waals surface area contributed by atoms with Gasteiger partial charge in [0.1, 0.15) is 5.75 Å². The van der Waals surface area contributed by atoms with Crippen molar-refractivity contribution in [2.45, 2.75) is 0 Å². The van der Waals surface area contributed by atoms with Gasteiger partial charge in [-0.05, 0) is 36.4 Å². The van der Waals surface area contributed by atoms with E-state index in [0.29, 0.717) is 38.7 Å².